The Morgan fingerprint density at radius 3 is 2.77 bits per heavy atom. The van der Waals surface area contributed by atoms with Gasteiger partial charge in [0.15, 0.2) is 5.84 Å². The molecule has 4 N–H and O–H groups in total. The van der Waals surface area contributed by atoms with Crippen LogP contribution in [0.4, 0.5) is 0 Å². The maximum Gasteiger partial charge on any atom is 0.156 e. The lowest BCUT2D eigenvalue weighted by Crippen LogP contribution is -2.45. The summed E-state index contributed by atoms with van der Waals surface area (Å²) in [5.41, 5.74) is 5.48. The van der Waals surface area contributed by atoms with Gasteiger partial charge < -0.3 is 16.3 Å². The predicted molar refractivity (Wildman–Crippen MR) is 54.9 cm³/mol. The van der Waals surface area contributed by atoms with Gasteiger partial charge in [-0.05, 0) is 19.8 Å². The van der Waals surface area contributed by atoms with Crippen molar-refractivity contribution in [3.8, 4) is 0 Å². The second-order valence-corrected chi connectivity index (χ2v) is 3.08. The van der Waals surface area contributed by atoms with Crippen molar-refractivity contribution in [2.45, 2.75) is 38.8 Å². The first-order chi connectivity index (χ1) is 6.15. The average Bonchev–Trinajstić information content (AvgIpc) is 2.13. The Bertz CT molecular complexity index is 180. The Morgan fingerprint density at radius 2 is 2.38 bits per heavy atom. The first-order valence-corrected chi connectivity index (χ1v) is 4.50. The van der Waals surface area contributed by atoms with Gasteiger partial charge in [0, 0.05) is 6.04 Å². The molecule has 13 heavy (non-hydrogen) atoms. The largest absolute Gasteiger partial charge is 0.409 e. The van der Waals surface area contributed by atoms with E-state index in [4.69, 9.17) is 10.9 Å². The quantitative estimate of drug-likeness (QED) is 0.190. The van der Waals surface area contributed by atoms with E-state index in [1.54, 1.807) is 0 Å². The van der Waals surface area contributed by atoms with Gasteiger partial charge in [0.2, 0.25) is 0 Å². The highest BCUT2D eigenvalue weighted by molar-refractivity contribution is 5.85. The fourth-order valence-electron chi connectivity index (χ4n) is 1.14. The average molecular weight is 185 g/mol. The molecule has 2 unspecified atom stereocenters. The predicted octanol–water partition coefficient (Wildman–Crippen LogP) is 1.07. The molecular weight excluding hydrogens is 166 g/mol. The Hall–Kier alpha value is -1.03. The summed E-state index contributed by atoms with van der Waals surface area (Å²) in [7, 11) is 0. The van der Waals surface area contributed by atoms with Crippen LogP contribution < -0.4 is 11.1 Å². The lowest BCUT2D eigenvalue weighted by atomic mass is 10.1. The van der Waals surface area contributed by atoms with Crippen LogP contribution in [0.5, 0.6) is 0 Å². The van der Waals surface area contributed by atoms with Crippen molar-refractivity contribution in [1.82, 2.24) is 5.32 Å². The summed E-state index contributed by atoms with van der Waals surface area (Å²) in [6.45, 7) is 7.67. The molecule has 0 heterocycles. The minimum absolute atomic E-state index is 0.0556. The topological polar surface area (TPSA) is 70.6 Å². The maximum atomic E-state index is 8.48. The third-order valence-electron chi connectivity index (χ3n) is 1.89. The maximum absolute atomic E-state index is 8.48. The van der Waals surface area contributed by atoms with Crippen molar-refractivity contribution in [3.63, 3.8) is 0 Å². The third-order valence-corrected chi connectivity index (χ3v) is 1.89. The monoisotopic (exact) mass is 185 g/mol. The molecule has 0 saturated heterocycles. The molecule has 0 aliphatic rings. The van der Waals surface area contributed by atoms with Gasteiger partial charge in [-0.25, -0.2) is 0 Å². The third kappa shape index (κ3) is 4.52. The SMILES string of the molecule is C=CCC(C)NC(CC)/C(N)=N/O. The summed E-state index contributed by atoms with van der Waals surface area (Å²) >= 11 is 0. The fourth-order valence-corrected chi connectivity index (χ4v) is 1.14. The van der Waals surface area contributed by atoms with Gasteiger partial charge >= 0.3 is 0 Å². The van der Waals surface area contributed by atoms with E-state index < -0.39 is 0 Å². The molecule has 0 fully saturated rings. The van der Waals surface area contributed by atoms with E-state index in [2.05, 4.69) is 17.1 Å². The molecule has 0 aliphatic carbocycles. The Balaban J connectivity index is 4.04. The van der Waals surface area contributed by atoms with Crippen LogP contribution in [0.1, 0.15) is 26.7 Å². The van der Waals surface area contributed by atoms with E-state index in [0.29, 0.717) is 6.04 Å². The second kappa shape index (κ2) is 6.48. The van der Waals surface area contributed by atoms with E-state index in [1.165, 1.54) is 0 Å². The molecule has 0 amide bonds. The van der Waals surface area contributed by atoms with Crippen LogP contribution in [-0.2, 0) is 0 Å². The van der Waals surface area contributed by atoms with Crippen LogP contribution in [0.25, 0.3) is 0 Å². The molecule has 0 aromatic rings. The Morgan fingerprint density at radius 1 is 1.77 bits per heavy atom. The molecule has 0 radical (unpaired) electrons. The smallest absolute Gasteiger partial charge is 0.156 e. The van der Waals surface area contributed by atoms with Crippen LogP contribution in [0.15, 0.2) is 17.8 Å². The number of hydrogen-bond acceptors (Lipinski definition) is 3. The van der Waals surface area contributed by atoms with Gasteiger partial charge in [-0.2, -0.15) is 0 Å². The molecular formula is C9H19N3O. The lowest BCUT2D eigenvalue weighted by Gasteiger charge is -2.19. The molecule has 0 saturated carbocycles. The summed E-state index contributed by atoms with van der Waals surface area (Å²) in [4.78, 5) is 0. The number of rotatable bonds is 6. The number of hydrogen-bond donors (Lipinski definition) is 3. The molecule has 0 aromatic carbocycles. The summed E-state index contributed by atoms with van der Waals surface area (Å²) in [6, 6.07) is 0.239. The van der Waals surface area contributed by atoms with Crippen LogP contribution in [0, 0.1) is 0 Å². The molecule has 4 heteroatoms. The zero-order valence-electron chi connectivity index (χ0n) is 8.33. The van der Waals surface area contributed by atoms with Crippen molar-refractivity contribution >= 4 is 5.84 Å². The fraction of sp³-hybridized carbons (Fsp3) is 0.667. The van der Waals surface area contributed by atoms with Crippen LogP contribution >= 0.6 is 0 Å². The molecule has 2 atom stereocenters. The van der Waals surface area contributed by atoms with Crippen LogP contribution in [0.3, 0.4) is 0 Å². The van der Waals surface area contributed by atoms with Crippen molar-refractivity contribution in [3.05, 3.63) is 12.7 Å². The van der Waals surface area contributed by atoms with Crippen LogP contribution in [0.2, 0.25) is 0 Å². The Kier molecular flexibility index (Phi) is 5.97. The minimum atomic E-state index is -0.0556. The molecule has 0 aliphatic heterocycles. The van der Waals surface area contributed by atoms with Crippen molar-refractivity contribution in [2.75, 3.05) is 0 Å². The zero-order chi connectivity index (χ0) is 10.3. The van der Waals surface area contributed by atoms with Gasteiger partial charge in [0.1, 0.15) is 0 Å². The zero-order valence-corrected chi connectivity index (χ0v) is 8.33. The molecule has 0 spiro atoms. The highest BCUT2D eigenvalue weighted by atomic mass is 16.4. The van der Waals surface area contributed by atoms with E-state index in [1.807, 2.05) is 19.9 Å². The highest BCUT2D eigenvalue weighted by Crippen LogP contribution is 1.97. The summed E-state index contributed by atoms with van der Waals surface area (Å²) in [5, 5.41) is 14.7. The summed E-state index contributed by atoms with van der Waals surface area (Å²) in [6.07, 6.45) is 3.52. The highest BCUT2D eigenvalue weighted by Gasteiger charge is 2.13. The Labute approximate surface area is 79.5 Å². The molecule has 76 valence electrons. The van der Waals surface area contributed by atoms with Crippen molar-refractivity contribution < 1.29 is 5.21 Å². The van der Waals surface area contributed by atoms with Gasteiger partial charge in [-0.15, -0.1) is 6.58 Å². The lowest BCUT2D eigenvalue weighted by molar-refractivity contribution is 0.313. The van der Waals surface area contributed by atoms with Gasteiger partial charge in [-0.3, -0.25) is 0 Å². The second-order valence-electron chi connectivity index (χ2n) is 3.08. The number of nitrogens with two attached hydrogens (primary N) is 1. The number of amidine groups is 1. The van der Waals surface area contributed by atoms with E-state index in [-0.39, 0.29) is 11.9 Å². The van der Waals surface area contributed by atoms with Crippen molar-refractivity contribution in [2.24, 2.45) is 10.9 Å². The molecule has 4 nitrogen and oxygen atoms in total. The summed E-state index contributed by atoms with van der Waals surface area (Å²) in [5.74, 6) is 0.235. The normalized spacial score (nSPS) is 16.6. The number of nitrogens with one attached hydrogen (secondary N) is 1. The number of oxime groups is 1. The summed E-state index contributed by atoms with van der Waals surface area (Å²) < 4.78 is 0. The van der Waals surface area contributed by atoms with Crippen molar-refractivity contribution in [1.29, 1.82) is 0 Å². The first-order valence-electron chi connectivity index (χ1n) is 4.50. The van der Waals surface area contributed by atoms with E-state index in [9.17, 15) is 0 Å². The van der Waals surface area contributed by atoms with E-state index >= 15 is 0 Å². The number of nitrogens with zero attached hydrogens (tertiary/aromatic N) is 1. The molecule has 0 rings (SSSR count). The van der Waals surface area contributed by atoms with Gasteiger partial charge in [-0.1, -0.05) is 18.2 Å². The van der Waals surface area contributed by atoms with Gasteiger partial charge in [0.25, 0.3) is 0 Å². The van der Waals surface area contributed by atoms with Crippen LogP contribution in [-0.4, -0.2) is 23.1 Å². The minimum Gasteiger partial charge on any atom is -0.409 e. The van der Waals surface area contributed by atoms with E-state index in [0.717, 1.165) is 12.8 Å². The standard InChI is InChI=1S/C9H19N3O/c1-4-6-7(3)11-8(5-2)9(10)12-13/h4,7-8,11,13H,1,5-6H2,2-3H3,(H2,10,12). The van der Waals surface area contributed by atoms with Gasteiger partial charge in [0.05, 0.1) is 6.04 Å². The first kappa shape index (κ1) is 12.0. The molecule has 0 aromatic heterocycles. The molecule has 0 bridgehead atoms.